The third-order valence-electron chi connectivity index (χ3n) is 2.95. The van der Waals surface area contributed by atoms with Gasteiger partial charge in [0.05, 0.1) is 11.9 Å². The van der Waals surface area contributed by atoms with Gasteiger partial charge in [-0.15, -0.1) is 0 Å². The Bertz CT molecular complexity index is 815. The van der Waals surface area contributed by atoms with Crippen molar-refractivity contribution in [3.8, 4) is 11.4 Å². The van der Waals surface area contributed by atoms with Crippen molar-refractivity contribution in [3.63, 3.8) is 0 Å². The summed E-state index contributed by atoms with van der Waals surface area (Å²) < 4.78 is 2.03. The molecule has 3 rings (SSSR count). The highest BCUT2D eigenvalue weighted by Gasteiger charge is 2.07. The second-order valence-electron chi connectivity index (χ2n) is 4.53. The van der Waals surface area contributed by atoms with E-state index in [1.54, 1.807) is 17.1 Å². The second-order valence-corrected chi connectivity index (χ2v) is 4.92. The number of aryl methyl sites for hydroxylation is 1. The molecule has 0 unspecified atom stereocenters. The van der Waals surface area contributed by atoms with Gasteiger partial charge >= 0.3 is 0 Å². The van der Waals surface area contributed by atoms with Crippen LogP contribution in [0.25, 0.3) is 11.4 Å². The summed E-state index contributed by atoms with van der Waals surface area (Å²) in [5.74, 6) is 0.673. The molecule has 0 bridgehead atoms. The zero-order valence-corrected chi connectivity index (χ0v) is 12.2. The number of aromatic nitrogens is 4. The molecule has 0 amide bonds. The predicted molar refractivity (Wildman–Crippen MR) is 84.8 cm³/mol. The first-order valence-corrected chi connectivity index (χ1v) is 6.85. The molecule has 1 aromatic carbocycles. The molecule has 1 N–H and O–H groups in total. The Labute approximate surface area is 127 Å². The third kappa shape index (κ3) is 2.95. The first-order chi connectivity index (χ1) is 10.2. The first-order valence-electron chi connectivity index (χ1n) is 6.44. The smallest absolute Gasteiger partial charge is 0.216 e. The van der Waals surface area contributed by atoms with E-state index in [4.69, 9.17) is 12.2 Å². The number of nitrogens with one attached hydrogen (secondary N) is 1. The number of nitrogens with zero attached hydrogens (tertiary/aromatic N) is 4. The number of hydrogen-bond acceptors (Lipinski definition) is 4. The van der Waals surface area contributed by atoms with E-state index in [2.05, 4.69) is 20.3 Å². The van der Waals surface area contributed by atoms with Crippen molar-refractivity contribution in [2.24, 2.45) is 5.10 Å². The lowest BCUT2D eigenvalue weighted by Gasteiger charge is -2.01. The van der Waals surface area contributed by atoms with Gasteiger partial charge in [0.15, 0.2) is 5.82 Å². The minimum atomic E-state index is 0.442. The molecule has 0 saturated heterocycles. The fourth-order valence-electron chi connectivity index (χ4n) is 1.86. The summed E-state index contributed by atoms with van der Waals surface area (Å²) in [4.78, 5) is 4.19. The predicted octanol–water partition coefficient (Wildman–Crippen LogP) is 3.19. The quantitative estimate of drug-likeness (QED) is 0.596. The number of benzene rings is 1. The topological polar surface area (TPSA) is 58.9 Å². The number of aromatic amines is 1. The van der Waals surface area contributed by atoms with Crippen molar-refractivity contribution in [3.05, 3.63) is 64.7 Å². The Hall–Kier alpha value is -2.60. The van der Waals surface area contributed by atoms with Crippen LogP contribution >= 0.6 is 12.2 Å². The maximum Gasteiger partial charge on any atom is 0.216 e. The Balaban J connectivity index is 2.00. The Kier molecular flexibility index (Phi) is 3.70. The van der Waals surface area contributed by atoms with Crippen molar-refractivity contribution in [2.45, 2.75) is 6.92 Å². The lowest BCUT2D eigenvalue weighted by atomic mass is 10.1. The minimum Gasteiger partial charge on any atom is -0.255 e. The van der Waals surface area contributed by atoms with E-state index in [9.17, 15) is 0 Å². The SMILES string of the molecule is Cc1ccc(-c2n[nH]c(=S)n2/N=C/c2ccccn2)cc1. The average Bonchev–Trinajstić information content (AvgIpc) is 2.88. The molecule has 0 spiro atoms. The van der Waals surface area contributed by atoms with E-state index < -0.39 is 0 Å². The summed E-state index contributed by atoms with van der Waals surface area (Å²) in [6.07, 6.45) is 3.37. The van der Waals surface area contributed by atoms with Crippen LogP contribution in [0.4, 0.5) is 0 Å². The summed E-state index contributed by atoms with van der Waals surface area (Å²) >= 11 is 5.22. The summed E-state index contributed by atoms with van der Waals surface area (Å²) in [5, 5.41) is 11.4. The third-order valence-corrected chi connectivity index (χ3v) is 3.22. The molecular formula is C15H13N5S. The Morgan fingerprint density at radius 2 is 2.00 bits per heavy atom. The van der Waals surface area contributed by atoms with Crippen molar-refractivity contribution >= 4 is 18.4 Å². The van der Waals surface area contributed by atoms with Crippen LogP contribution in [0.2, 0.25) is 0 Å². The van der Waals surface area contributed by atoms with Gasteiger partial charge in [0.1, 0.15) is 0 Å². The normalized spacial score (nSPS) is 11.1. The zero-order chi connectivity index (χ0) is 14.7. The van der Waals surface area contributed by atoms with Gasteiger partial charge in [-0.05, 0) is 31.3 Å². The van der Waals surface area contributed by atoms with Crippen LogP contribution < -0.4 is 0 Å². The van der Waals surface area contributed by atoms with Gasteiger partial charge in [-0.3, -0.25) is 4.98 Å². The molecule has 0 saturated carbocycles. The monoisotopic (exact) mass is 295 g/mol. The summed E-state index contributed by atoms with van der Waals surface area (Å²) in [6, 6.07) is 13.7. The van der Waals surface area contributed by atoms with E-state index in [1.807, 2.05) is 49.4 Å². The maximum absolute atomic E-state index is 5.22. The lowest BCUT2D eigenvalue weighted by molar-refractivity contribution is 0.870. The van der Waals surface area contributed by atoms with Crippen LogP contribution in [-0.2, 0) is 0 Å². The molecule has 5 nitrogen and oxygen atoms in total. The van der Waals surface area contributed by atoms with Crippen LogP contribution in [0.3, 0.4) is 0 Å². The lowest BCUT2D eigenvalue weighted by Crippen LogP contribution is -1.96. The molecule has 0 aliphatic heterocycles. The fourth-order valence-corrected chi connectivity index (χ4v) is 2.04. The van der Waals surface area contributed by atoms with Gasteiger partial charge in [-0.1, -0.05) is 35.9 Å². The second kappa shape index (κ2) is 5.80. The highest BCUT2D eigenvalue weighted by atomic mass is 32.1. The summed E-state index contributed by atoms with van der Waals surface area (Å²) in [6.45, 7) is 2.04. The average molecular weight is 295 g/mol. The van der Waals surface area contributed by atoms with Crippen LogP contribution in [0, 0.1) is 11.7 Å². The number of H-pyrrole nitrogens is 1. The van der Waals surface area contributed by atoms with E-state index >= 15 is 0 Å². The van der Waals surface area contributed by atoms with E-state index in [1.165, 1.54) is 5.56 Å². The number of pyridine rings is 1. The Morgan fingerprint density at radius 1 is 1.19 bits per heavy atom. The molecule has 0 aliphatic carbocycles. The highest BCUT2D eigenvalue weighted by molar-refractivity contribution is 7.71. The molecule has 0 aliphatic rings. The minimum absolute atomic E-state index is 0.442. The largest absolute Gasteiger partial charge is 0.255 e. The Morgan fingerprint density at radius 3 is 2.71 bits per heavy atom. The molecule has 3 aromatic rings. The van der Waals surface area contributed by atoms with Gasteiger partial charge in [-0.2, -0.15) is 14.9 Å². The molecule has 2 heterocycles. The number of hydrogen-bond donors (Lipinski definition) is 1. The molecule has 0 radical (unpaired) electrons. The molecule has 2 aromatic heterocycles. The molecule has 21 heavy (non-hydrogen) atoms. The van der Waals surface area contributed by atoms with Crippen molar-refractivity contribution < 1.29 is 0 Å². The molecule has 104 valence electrons. The maximum atomic E-state index is 5.22. The van der Waals surface area contributed by atoms with Gasteiger partial charge in [-0.25, -0.2) is 5.10 Å². The van der Waals surface area contributed by atoms with E-state index in [0.29, 0.717) is 10.6 Å². The molecule has 0 atom stereocenters. The molecular weight excluding hydrogens is 282 g/mol. The first kappa shape index (κ1) is 13.4. The van der Waals surface area contributed by atoms with Crippen LogP contribution in [0.1, 0.15) is 11.3 Å². The van der Waals surface area contributed by atoms with Crippen LogP contribution in [0.5, 0.6) is 0 Å². The van der Waals surface area contributed by atoms with Gasteiger partial charge < -0.3 is 0 Å². The van der Waals surface area contributed by atoms with Crippen molar-refractivity contribution in [1.29, 1.82) is 0 Å². The molecule has 6 heteroatoms. The summed E-state index contributed by atoms with van der Waals surface area (Å²) in [5.41, 5.74) is 2.90. The van der Waals surface area contributed by atoms with Crippen molar-refractivity contribution in [1.82, 2.24) is 19.9 Å². The zero-order valence-electron chi connectivity index (χ0n) is 11.4. The molecule has 0 fully saturated rings. The summed E-state index contributed by atoms with van der Waals surface area (Å²) in [7, 11) is 0. The van der Waals surface area contributed by atoms with Crippen molar-refractivity contribution in [2.75, 3.05) is 0 Å². The number of rotatable bonds is 3. The fraction of sp³-hybridized carbons (Fsp3) is 0.0667. The standard InChI is InChI=1S/C15H13N5S/c1-11-5-7-12(8-6-11)14-18-19-15(21)20(14)17-10-13-4-2-3-9-16-13/h2-10H,1H3,(H,19,21)/b17-10+. The van der Waals surface area contributed by atoms with Crippen LogP contribution in [0.15, 0.2) is 53.8 Å². The van der Waals surface area contributed by atoms with Crippen LogP contribution in [-0.4, -0.2) is 26.1 Å². The van der Waals surface area contributed by atoms with Gasteiger partial charge in [0, 0.05) is 11.8 Å². The van der Waals surface area contributed by atoms with E-state index in [-0.39, 0.29) is 0 Å². The van der Waals surface area contributed by atoms with E-state index in [0.717, 1.165) is 11.3 Å². The van der Waals surface area contributed by atoms with Gasteiger partial charge in [0.25, 0.3) is 0 Å². The van der Waals surface area contributed by atoms with Gasteiger partial charge in [0.2, 0.25) is 4.77 Å². The highest BCUT2D eigenvalue weighted by Crippen LogP contribution is 2.17.